The summed E-state index contributed by atoms with van der Waals surface area (Å²) in [6.45, 7) is 20.8. The van der Waals surface area contributed by atoms with Gasteiger partial charge < -0.3 is 48.5 Å². The van der Waals surface area contributed by atoms with Crippen LogP contribution in [0.1, 0.15) is 88.0 Å². The van der Waals surface area contributed by atoms with E-state index in [1.807, 2.05) is 77.8 Å². The number of nitrogens with zero attached hydrogens (tertiary/aromatic N) is 11. The first-order valence-electron chi connectivity index (χ1n) is 20.4. The Morgan fingerprint density at radius 2 is 0.597 bits per heavy atom. The SMILES string of the molecule is CC(=O)N(C)C.CC(=O)N(C)C.CCCC.CCCC.CN(C)C(=O)N(C)C.CN=C(C)N(C)C.CN=C(C)N(C)C.CN=C(C)N(C)C.COC(=O)N(C)C.COP(C)(C)=O. The van der Waals surface area contributed by atoms with Crippen molar-refractivity contribution in [2.75, 3.05) is 161 Å². The van der Waals surface area contributed by atoms with E-state index in [2.05, 4.69) is 51.9 Å². The molecule has 0 radical (unpaired) electrons. The van der Waals surface area contributed by atoms with E-state index < -0.39 is 7.37 Å². The zero-order valence-corrected chi connectivity index (χ0v) is 47.4. The lowest BCUT2D eigenvalue weighted by molar-refractivity contribution is -0.127. The van der Waals surface area contributed by atoms with Gasteiger partial charge in [-0.1, -0.05) is 53.4 Å². The third-order valence-corrected chi connectivity index (χ3v) is 7.80. The molecule has 5 amide bonds. The van der Waals surface area contributed by atoms with Crippen molar-refractivity contribution in [1.29, 1.82) is 0 Å². The molecule has 0 fully saturated rings. The monoisotopic (exact) mass is 918 g/mol. The van der Waals surface area contributed by atoms with Crippen molar-refractivity contribution < 1.29 is 33.0 Å². The molecular formula is C43H104N11O7P. The van der Waals surface area contributed by atoms with Crippen molar-refractivity contribution in [1.82, 2.24) is 39.2 Å². The third-order valence-electron chi connectivity index (χ3n) is 6.92. The van der Waals surface area contributed by atoms with Gasteiger partial charge >= 0.3 is 12.1 Å². The Kier molecular flexibility index (Phi) is 75.4. The summed E-state index contributed by atoms with van der Waals surface area (Å²) >= 11 is 0. The molecule has 0 rings (SSSR count). The number of rotatable bonds is 3. The van der Waals surface area contributed by atoms with Crippen molar-refractivity contribution in [2.45, 2.75) is 88.0 Å². The molecule has 0 aromatic heterocycles. The second-order valence-corrected chi connectivity index (χ2v) is 17.6. The Bertz CT molecular complexity index is 1060. The lowest BCUT2D eigenvalue weighted by Gasteiger charge is -2.16. The Balaban J connectivity index is -0.0000000609. The number of urea groups is 1. The van der Waals surface area contributed by atoms with Gasteiger partial charge in [-0.15, -0.1) is 0 Å². The molecule has 0 bridgehead atoms. The van der Waals surface area contributed by atoms with Crippen LogP contribution in [0, 0.1) is 0 Å². The number of amides is 5. The fourth-order valence-corrected chi connectivity index (χ4v) is 1.18. The maximum atomic E-state index is 10.7. The summed E-state index contributed by atoms with van der Waals surface area (Å²) in [6, 6.07) is 0.0185. The van der Waals surface area contributed by atoms with E-state index in [1.165, 1.54) is 78.2 Å². The highest BCUT2D eigenvalue weighted by Crippen LogP contribution is 2.35. The van der Waals surface area contributed by atoms with Crippen LogP contribution in [0.5, 0.6) is 0 Å². The minimum Gasteiger partial charge on any atom is -0.453 e. The quantitative estimate of drug-likeness (QED) is 0.159. The topological polar surface area (TPSA) is 167 Å². The van der Waals surface area contributed by atoms with Crippen LogP contribution in [0.15, 0.2) is 15.0 Å². The van der Waals surface area contributed by atoms with Crippen LogP contribution in [-0.2, 0) is 23.4 Å². The van der Waals surface area contributed by atoms with Gasteiger partial charge in [0.25, 0.3) is 0 Å². The maximum absolute atomic E-state index is 10.7. The molecule has 0 heterocycles. The normalized spacial score (nSPS) is 9.58. The standard InChI is InChI=1S/C5H12N2O.3C5H12N2.C4H9NO2.2C4H9NO.2C4H10.C3H9O2P/c1-6(2)5(8)7(3)4;3*1-5(6-2)7(3)4;1-5(2)4(6)7-3;2*1-4(6)5(2)3;2*1-3-4-2;1-5-6(2,3)4/h1-4H3;3*1-4H3;1-3H3;2*1-3H3;2*3-4H2,1-2H3;1-3H3. The Hall–Kier alpha value is -3.92. The number of amidine groups is 3. The van der Waals surface area contributed by atoms with Gasteiger partial charge in [-0.3, -0.25) is 29.1 Å². The number of ether oxygens (including phenoxy) is 1. The molecule has 0 aromatic carbocycles. The van der Waals surface area contributed by atoms with Crippen LogP contribution in [0.25, 0.3) is 0 Å². The van der Waals surface area contributed by atoms with Crippen LogP contribution in [-0.4, -0.2) is 242 Å². The Morgan fingerprint density at radius 3 is 0.597 bits per heavy atom. The summed E-state index contributed by atoms with van der Waals surface area (Å²) in [5, 5.41) is 0. The van der Waals surface area contributed by atoms with Gasteiger partial charge in [-0.2, -0.15) is 0 Å². The van der Waals surface area contributed by atoms with Gasteiger partial charge in [-0.25, -0.2) is 9.59 Å². The van der Waals surface area contributed by atoms with Crippen molar-refractivity contribution in [3.63, 3.8) is 0 Å². The molecule has 0 spiro atoms. The number of carbonyl (C=O) groups is 4. The molecule has 0 unspecified atom stereocenters. The van der Waals surface area contributed by atoms with Gasteiger partial charge in [0.1, 0.15) is 0 Å². The van der Waals surface area contributed by atoms with Gasteiger partial charge in [0.15, 0.2) is 7.37 Å². The molecule has 0 saturated heterocycles. The number of unbranched alkanes of at least 4 members (excludes halogenated alkanes) is 2. The Morgan fingerprint density at radius 1 is 0.419 bits per heavy atom. The lowest BCUT2D eigenvalue weighted by atomic mass is 10.4. The van der Waals surface area contributed by atoms with Crippen LogP contribution in [0.2, 0.25) is 0 Å². The summed E-state index contributed by atoms with van der Waals surface area (Å²) < 4.78 is 19.2. The summed E-state index contributed by atoms with van der Waals surface area (Å²) in [6.07, 6.45) is 4.96. The van der Waals surface area contributed by atoms with E-state index in [-0.39, 0.29) is 23.9 Å². The van der Waals surface area contributed by atoms with E-state index in [0.29, 0.717) is 0 Å². The summed E-state index contributed by atoms with van der Waals surface area (Å²) in [5.74, 6) is 3.35. The number of aliphatic imine (C=N–C) groups is 3. The highest BCUT2D eigenvalue weighted by atomic mass is 31.2. The molecule has 0 atom stereocenters. The molecule has 0 aromatic rings. The third kappa shape index (κ3) is 101. The van der Waals surface area contributed by atoms with Gasteiger partial charge in [0.2, 0.25) is 11.8 Å². The van der Waals surface area contributed by atoms with Crippen molar-refractivity contribution in [3.05, 3.63) is 0 Å². The number of methoxy groups -OCH3 is 1. The molecule has 378 valence electrons. The van der Waals surface area contributed by atoms with Crippen LogP contribution >= 0.6 is 7.37 Å². The first-order valence-corrected chi connectivity index (χ1v) is 22.9. The molecule has 19 heteroatoms. The average molecular weight is 918 g/mol. The number of hydrogen-bond acceptors (Lipinski definition) is 10. The van der Waals surface area contributed by atoms with Crippen molar-refractivity contribution in [2.24, 2.45) is 15.0 Å². The second kappa shape index (κ2) is 57.1. The van der Waals surface area contributed by atoms with Crippen LogP contribution in [0.3, 0.4) is 0 Å². The summed E-state index contributed by atoms with van der Waals surface area (Å²) in [4.78, 5) is 66.2. The van der Waals surface area contributed by atoms with Crippen LogP contribution in [0.4, 0.5) is 9.59 Å². The zero-order valence-electron chi connectivity index (χ0n) is 46.6. The van der Waals surface area contributed by atoms with Gasteiger partial charge in [0, 0.05) is 168 Å². The van der Waals surface area contributed by atoms with E-state index in [1.54, 1.807) is 105 Å². The predicted molar refractivity (Wildman–Crippen MR) is 273 cm³/mol. The predicted octanol–water partition coefficient (Wildman–Crippen LogP) is 7.30. The lowest BCUT2D eigenvalue weighted by Crippen LogP contribution is -2.33. The first-order chi connectivity index (χ1) is 28.0. The summed E-state index contributed by atoms with van der Waals surface area (Å²) in [7, 11) is 34.9. The van der Waals surface area contributed by atoms with E-state index in [4.69, 9.17) is 0 Å². The highest BCUT2D eigenvalue weighted by Gasteiger charge is 2.03. The smallest absolute Gasteiger partial charge is 0.408 e. The van der Waals surface area contributed by atoms with E-state index >= 15 is 0 Å². The van der Waals surface area contributed by atoms with Crippen LogP contribution < -0.4 is 0 Å². The van der Waals surface area contributed by atoms with Crippen molar-refractivity contribution >= 4 is 48.8 Å². The minimum absolute atomic E-state index is 0.0185. The molecule has 0 N–H and O–H groups in total. The number of hydrogen-bond donors (Lipinski definition) is 0. The summed E-state index contributed by atoms with van der Waals surface area (Å²) in [5.41, 5.74) is 0. The van der Waals surface area contributed by atoms with Gasteiger partial charge in [-0.05, 0) is 20.8 Å². The molecule has 0 saturated carbocycles. The first kappa shape index (κ1) is 81.9. The fraction of sp³-hybridized carbons (Fsp3) is 0.837. The molecule has 0 aliphatic carbocycles. The Labute approximate surface area is 384 Å². The van der Waals surface area contributed by atoms with Crippen molar-refractivity contribution in [3.8, 4) is 0 Å². The maximum Gasteiger partial charge on any atom is 0.408 e. The average Bonchev–Trinajstić information content (AvgIpc) is 3.20. The zero-order chi connectivity index (χ0) is 52.5. The molecular weight excluding hydrogens is 814 g/mol. The minimum atomic E-state index is -2.15. The molecule has 62 heavy (non-hydrogen) atoms. The van der Waals surface area contributed by atoms with E-state index in [9.17, 15) is 23.7 Å². The highest BCUT2D eigenvalue weighted by molar-refractivity contribution is 7.57. The second-order valence-electron chi connectivity index (χ2n) is 14.7. The largest absolute Gasteiger partial charge is 0.453 e. The molecule has 0 aliphatic heterocycles. The van der Waals surface area contributed by atoms with Gasteiger partial charge in [0.05, 0.1) is 24.6 Å². The molecule has 18 nitrogen and oxygen atoms in total. The molecule has 0 aliphatic rings. The number of carbonyl (C=O) groups excluding carboxylic acids is 4. The fourth-order valence-electron chi connectivity index (χ4n) is 1.18. The van der Waals surface area contributed by atoms with E-state index in [0.717, 1.165) is 17.5 Å².